The third kappa shape index (κ3) is 4.67. The predicted molar refractivity (Wildman–Crippen MR) is 136 cm³/mol. The SMILES string of the molecule is C#C.CC(C)(O)C(=O)N1CC2CC(Nc3c(C(N)=O)cnn4cc(-c5cnc(N)nc5)cc34)CC2C1. The van der Waals surface area contributed by atoms with Gasteiger partial charge in [-0.25, -0.2) is 14.5 Å². The second-order valence-electron chi connectivity index (χ2n) is 9.79. The molecule has 4 heterocycles. The number of aliphatic hydroxyl groups is 1. The normalized spacial score (nSPS) is 21.0. The molecule has 2 aliphatic rings. The number of rotatable bonds is 5. The fraction of sp³-hybridized carbons (Fsp3) is 0.400. The molecular weight excluding hydrogens is 460 g/mol. The zero-order chi connectivity index (χ0) is 26.2. The van der Waals surface area contributed by atoms with Gasteiger partial charge in [0.15, 0.2) is 0 Å². The Morgan fingerprint density at radius 3 is 2.28 bits per heavy atom. The predicted octanol–water partition coefficient (Wildman–Crippen LogP) is 1.14. The topological polar surface area (TPSA) is 165 Å². The minimum Gasteiger partial charge on any atom is -0.381 e. The molecule has 0 radical (unpaired) electrons. The van der Waals surface area contributed by atoms with E-state index in [0.717, 1.165) is 29.5 Å². The molecule has 5 rings (SSSR count). The van der Waals surface area contributed by atoms with Crippen molar-refractivity contribution in [3.8, 4) is 24.0 Å². The Morgan fingerprint density at radius 2 is 1.72 bits per heavy atom. The largest absolute Gasteiger partial charge is 0.381 e. The number of anilines is 2. The summed E-state index contributed by atoms with van der Waals surface area (Å²) in [5.74, 6) is 0.0846. The van der Waals surface area contributed by atoms with Gasteiger partial charge < -0.3 is 26.8 Å². The molecule has 36 heavy (non-hydrogen) atoms. The summed E-state index contributed by atoms with van der Waals surface area (Å²) in [6.07, 6.45) is 16.3. The minimum atomic E-state index is -1.36. The highest BCUT2D eigenvalue weighted by Gasteiger charge is 2.44. The first-order valence-electron chi connectivity index (χ1n) is 11.6. The van der Waals surface area contributed by atoms with E-state index in [-0.39, 0.29) is 17.9 Å². The molecule has 0 bridgehead atoms. The summed E-state index contributed by atoms with van der Waals surface area (Å²) in [5, 5.41) is 18.0. The molecule has 2 amide bonds. The van der Waals surface area contributed by atoms with Gasteiger partial charge in [-0.2, -0.15) is 5.10 Å². The van der Waals surface area contributed by atoms with Gasteiger partial charge >= 0.3 is 0 Å². The second-order valence-corrected chi connectivity index (χ2v) is 9.79. The van der Waals surface area contributed by atoms with Crippen LogP contribution in [0, 0.1) is 24.7 Å². The van der Waals surface area contributed by atoms with Crippen LogP contribution in [0.3, 0.4) is 0 Å². The Morgan fingerprint density at radius 1 is 1.11 bits per heavy atom. The molecule has 1 saturated carbocycles. The highest BCUT2D eigenvalue weighted by molar-refractivity contribution is 6.02. The number of nitrogens with two attached hydrogens (primary N) is 2. The van der Waals surface area contributed by atoms with Gasteiger partial charge in [0, 0.05) is 48.8 Å². The van der Waals surface area contributed by atoms with E-state index in [9.17, 15) is 14.7 Å². The molecule has 188 valence electrons. The zero-order valence-electron chi connectivity index (χ0n) is 20.3. The van der Waals surface area contributed by atoms with Crippen molar-refractivity contribution in [2.75, 3.05) is 24.1 Å². The fourth-order valence-electron chi connectivity index (χ4n) is 5.21. The van der Waals surface area contributed by atoms with Gasteiger partial charge in [-0.05, 0) is 44.6 Å². The molecule has 2 atom stereocenters. The van der Waals surface area contributed by atoms with E-state index < -0.39 is 11.5 Å². The lowest BCUT2D eigenvalue weighted by Crippen LogP contribution is -2.44. The summed E-state index contributed by atoms with van der Waals surface area (Å²) in [7, 11) is 0. The number of amides is 2. The van der Waals surface area contributed by atoms with Crippen LogP contribution in [0.5, 0.6) is 0 Å². The maximum atomic E-state index is 12.5. The summed E-state index contributed by atoms with van der Waals surface area (Å²) in [6.45, 7) is 4.31. The zero-order valence-corrected chi connectivity index (χ0v) is 20.3. The van der Waals surface area contributed by atoms with E-state index in [1.54, 1.807) is 21.8 Å². The van der Waals surface area contributed by atoms with Gasteiger partial charge in [-0.15, -0.1) is 12.8 Å². The first-order chi connectivity index (χ1) is 17.1. The molecule has 11 heteroatoms. The van der Waals surface area contributed by atoms with Crippen LogP contribution in [0.4, 0.5) is 11.6 Å². The molecule has 6 N–H and O–H groups in total. The number of primary amides is 1. The summed E-state index contributed by atoms with van der Waals surface area (Å²) in [5.41, 5.74) is 13.2. The quantitative estimate of drug-likeness (QED) is 0.387. The molecule has 3 aromatic heterocycles. The van der Waals surface area contributed by atoms with Crippen LogP contribution in [0.1, 0.15) is 37.0 Å². The second kappa shape index (κ2) is 9.47. The molecule has 0 spiro atoms. The standard InChI is InChI=1S/C23H28N8O3.C2H2/c1-23(2,34)21(33)30-9-12-3-16(4-13(12)10-30)29-19-17(20(24)32)8-28-31-11-14(5-18(19)31)15-6-26-22(25)27-7-15;1-2/h5-8,11-13,16,29,34H,3-4,9-10H2,1-2H3,(H2,24,32)(H2,25,26,27);1-2H. The van der Waals surface area contributed by atoms with Crippen LogP contribution in [0.15, 0.2) is 30.9 Å². The summed E-state index contributed by atoms with van der Waals surface area (Å²) < 4.78 is 1.69. The smallest absolute Gasteiger partial charge is 0.253 e. The highest BCUT2D eigenvalue weighted by Crippen LogP contribution is 2.41. The number of aromatic nitrogens is 4. The third-order valence-corrected chi connectivity index (χ3v) is 6.82. The Hall–Kier alpha value is -4.17. The van der Waals surface area contributed by atoms with E-state index in [2.05, 4.69) is 33.2 Å². The van der Waals surface area contributed by atoms with Gasteiger partial charge in [0.25, 0.3) is 11.8 Å². The molecule has 1 aliphatic carbocycles. The van der Waals surface area contributed by atoms with Crippen LogP contribution in [-0.4, -0.2) is 66.1 Å². The van der Waals surface area contributed by atoms with Crippen LogP contribution in [-0.2, 0) is 4.79 Å². The van der Waals surface area contributed by atoms with E-state index >= 15 is 0 Å². The van der Waals surface area contributed by atoms with E-state index in [4.69, 9.17) is 11.5 Å². The average Bonchev–Trinajstić information content (AvgIpc) is 3.53. The van der Waals surface area contributed by atoms with Gasteiger partial charge in [-0.3, -0.25) is 9.59 Å². The number of likely N-dealkylation sites (tertiary alicyclic amines) is 1. The maximum Gasteiger partial charge on any atom is 0.253 e. The first-order valence-corrected chi connectivity index (χ1v) is 11.6. The average molecular weight is 491 g/mol. The third-order valence-electron chi connectivity index (χ3n) is 6.82. The molecule has 2 fully saturated rings. The summed E-state index contributed by atoms with van der Waals surface area (Å²) >= 11 is 0. The number of nitrogen functional groups attached to an aromatic ring is 1. The van der Waals surface area contributed by atoms with Gasteiger partial charge in [0.05, 0.1) is 23.0 Å². The number of nitrogens with one attached hydrogen (secondary N) is 1. The Kier molecular flexibility index (Phi) is 6.56. The lowest BCUT2D eigenvalue weighted by molar-refractivity contribution is -0.147. The lowest BCUT2D eigenvalue weighted by atomic mass is 10.0. The van der Waals surface area contributed by atoms with Crippen LogP contribution in [0.25, 0.3) is 16.6 Å². The van der Waals surface area contributed by atoms with Gasteiger partial charge in [-0.1, -0.05) is 0 Å². The van der Waals surface area contributed by atoms with Crippen molar-refractivity contribution >= 4 is 29.0 Å². The Balaban J connectivity index is 0.00000148. The van der Waals surface area contributed by atoms with Gasteiger partial charge in [0.2, 0.25) is 5.95 Å². The maximum absolute atomic E-state index is 12.5. The molecule has 3 aromatic rings. The van der Waals surface area contributed by atoms with Crippen molar-refractivity contribution in [2.45, 2.75) is 38.3 Å². The van der Waals surface area contributed by atoms with Crippen molar-refractivity contribution in [2.24, 2.45) is 17.6 Å². The van der Waals surface area contributed by atoms with Crippen molar-refractivity contribution < 1.29 is 14.7 Å². The summed E-state index contributed by atoms with van der Waals surface area (Å²) in [4.78, 5) is 34.5. The molecular formula is C25H30N8O3. The number of fused-ring (bicyclic) bond motifs is 2. The molecule has 11 nitrogen and oxygen atoms in total. The van der Waals surface area contributed by atoms with Crippen molar-refractivity contribution in [3.05, 3.63) is 36.4 Å². The number of nitrogens with zero attached hydrogens (tertiary/aromatic N) is 5. The minimum absolute atomic E-state index is 0.122. The van der Waals surface area contributed by atoms with E-state index in [0.29, 0.717) is 36.2 Å². The Labute approximate surface area is 208 Å². The molecule has 1 saturated heterocycles. The number of hydrogen-bond acceptors (Lipinski definition) is 8. The number of terminal acetylenes is 1. The van der Waals surface area contributed by atoms with Gasteiger partial charge in [0.1, 0.15) is 5.60 Å². The molecule has 2 unspecified atom stereocenters. The molecule has 1 aliphatic heterocycles. The van der Waals surface area contributed by atoms with Crippen molar-refractivity contribution in [1.29, 1.82) is 0 Å². The highest BCUT2D eigenvalue weighted by atomic mass is 16.3. The molecule has 0 aromatic carbocycles. The van der Waals surface area contributed by atoms with Crippen LogP contribution < -0.4 is 16.8 Å². The number of carbonyl (C=O) groups excluding carboxylic acids is 2. The van der Waals surface area contributed by atoms with Crippen LogP contribution >= 0.6 is 0 Å². The first kappa shape index (κ1) is 24.9. The Bertz CT molecular complexity index is 1290. The fourth-order valence-corrected chi connectivity index (χ4v) is 5.21. The summed E-state index contributed by atoms with van der Waals surface area (Å²) in [6, 6.07) is 2.03. The lowest BCUT2D eigenvalue weighted by Gasteiger charge is -2.26. The van der Waals surface area contributed by atoms with Crippen molar-refractivity contribution in [3.63, 3.8) is 0 Å². The number of hydrogen-bond donors (Lipinski definition) is 4. The number of carbonyl (C=O) groups is 2. The monoisotopic (exact) mass is 490 g/mol. The van der Waals surface area contributed by atoms with Crippen LogP contribution in [0.2, 0.25) is 0 Å². The van der Waals surface area contributed by atoms with E-state index in [1.165, 1.54) is 20.0 Å². The van der Waals surface area contributed by atoms with E-state index in [1.807, 2.05) is 12.3 Å². The van der Waals surface area contributed by atoms with Crippen molar-refractivity contribution in [1.82, 2.24) is 24.5 Å².